The molecule has 0 unspecified atom stereocenters. The van der Waals surface area contributed by atoms with Gasteiger partial charge in [-0.3, -0.25) is 9.59 Å². The third-order valence-electron chi connectivity index (χ3n) is 4.06. The summed E-state index contributed by atoms with van der Waals surface area (Å²) in [5.41, 5.74) is 1.79. The number of hydrogen-bond acceptors (Lipinski definition) is 3. The highest BCUT2D eigenvalue weighted by atomic mass is 19.3. The first kappa shape index (κ1) is 22.3. The Balaban J connectivity index is 2.02. The molecule has 2 aromatic rings. The summed E-state index contributed by atoms with van der Waals surface area (Å²) in [5, 5.41) is 7.12. The molecule has 29 heavy (non-hydrogen) atoms. The van der Waals surface area contributed by atoms with Gasteiger partial charge in [-0.05, 0) is 38.1 Å². The molecular formula is C21H26F2N3O3+. The average Bonchev–Trinajstić information content (AvgIpc) is 2.67. The average molecular weight is 406 g/mol. The highest BCUT2D eigenvalue weighted by Crippen LogP contribution is 2.22. The van der Waals surface area contributed by atoms with Gasteiger partial charge < -0.3 is 20.7 Å². The molecule has 0 aliphatic carbocycles. The van der Waals surface area contributed by atoms with Gasteiger partial charge in [0.05, 0.1) is 6.54 Å². The van der Waals surface area contributed by atoms with Crippen molar-refractivity contribution in [3.8, 4) is 5.75 Å². The van der Waals surface area contributed by atoms with E-state index in [1.54, 1.807) is 12.1 Å². The molecule has 0 spiro atoms. The van der Waals surface area contributed by atoms with Crippen molar-refractivity contribution in [2.24, 2.45) is 0 Å². The van der Waals surface area contributed by atoms with E-state index < -0.39 is 6.61 Å². The van der Waals surface area contributed by atoms with Gasteiger partial charge in [-0.2, -0.15) is 8.78 Å². The lowest BCUT2D eigenvalue weighted by atomic mass is 9.98. The van der Waals surface area contributed by atoms with Gasteiger partial charge in [0.15, 0.2) is 6.54 Å². The van der Waals surface area contributed by atoms with Crippen LogP contribution >= 0.6 is 0 Å². The van der Waals surface area contributed by atoms with E-state index in [4.69, 9.17) is 0 Å². The number of hydrogen-bond donors (Lipinski definition) is 3. The summed E-state index contributed by atoms with van der Waals surface area (Å²) in [6.45, 7) is 0.823. The summed E-state index contributed by atoms with van der Waals surface area (Å²) in [6, 6.07) is 15.7. The van der Waals surface area contributed by atoms with Crippen LogP contribution in [-0.2, 0) is 9.59 Å². The van der Waals surface area contributed by atoms with Crippen molar-refractivity contribution in [3.05, 3.63) is 65.7 Å². The molecule has 0 aliphatic rings. The molecule has 0 fully saturated rings. The van der Waals surface area contributed by atoms with Gasteiger partial charge in [0.2, 0.25) is 5.91 Å². The second-order valence-corrected chi connectivity index (χ2v) is 6.77. The molecule has 0 aliphatic heterocycles. The molecule has 0 aromatic heterocycles. The smallest absolute Gasteiger partial charge is 0.387 e. The van der Waals surface area contributed by atoms with Gasteiger partial charge in [0.1, 0.15) is 11.8 Å². The fourth-order valence-corrected chi connectivity index (χ4v) is 2.83. The van der Waals surface area contributed by atoms with Gasteiger partial charge >= 0.3 is 6.61 Å². The first-order valence-electron chi connectivity index (χ1n) is 9.34. The topological polar surface area (TPSA) is 84.0 Å². The van der Waals surface area contributed by atoms with E-state index >= 15 is 0 Å². The molecule has 6 nitrogen and oxygen atoms in total. The standard InChI is InChI=1S/C21H25F2N3O3/c1-14(2)26-19(28)13-24-18(27)12-25-20(15-6-4-3-5-7-15)16-8-10-17(11-9-16)29-21(22)23/h3-11,14,20-21,25H,12-13H2,1-2H3,(H,24,27)(H,26,28)/p+1/t20-/m1/s1. The highest BCUT2D eigenvalue weighted by molar-refractivity contribution is 5.85. The van der Waals surface area contributed by atoms with E-state index in [-0.39, 0.29) is 42.7 Å². The Bertz CT molecular complexity index is 784. The Morgan fingerprint density at radius 1 is 0.966 bits per heavy atom. The summed E-state index contributed by atoms with van der Waals surface area (Å²) >= 11 is 0. The van der Waals surface area contributed by atoms with E-state index in [1.165, 1.54) is 12.1 Å². The number of quaternary nitrogens is 1. The molecule has 156 valence electrons. The van der Waals surface area contributed by atoms with Crippen molar-refractivity contribution in [3.63, 3.8) is 0 Å². The molecule has 0 saturated carbocycles. The Hall–Kier alpha value is -3.00. The number of carbonyl (C=O) groups is 2. The SMILES string of the molecule is CC(C)NC(=O)CNC(=O)C[NH2+][C@H](c1ccccc1)c1ccc(OC(F)F)cc1. The first-order chi connectivity index (χ1) is 13.8. The lowest BCUT2D eigenvalue weighted by molar-refractivity contribution is -0.676. The van der Waals surface area contributed by atoms with Gasteiger partial charge in [0, 0.05) is 17.2 Å². The first-order valence-corrected chi connectivity index (χ1v) is 9.34. The van der Waals surface area contributed by atoms with E-state index in [0.717, 1.165) is 11.1 Å². The largest absolute Gasteiger partial charge is 0.435 e. The number of amides is 2. The summed E-state index contributed by atoms with van der Waals surface area (Å²) in [7, 11) is 0. The lowest BCUT2D eigenvalue weighted by Gasteiger charge is -2.17. The highest BCUT2D eigenvalue weighted by Gasteiger charge is 2.19. The van der Waals surface area contributed by atoms with Gasteiger partial charge in [-0.25, -0.2) is 0 Å². The molecule has 0 saturated heterocycles. The monoisotopic (exact) mass is 406 g/mol. The van der Waals surface area contributed by atoms with E-state index in [9.17, 15) is 18.4 Å². The predicted molar refractivity (Wildman–Crippen MR) is 104 cm³/mol. The van der Waals surface area contributed by atoms with E-state index in [0.29, 0.717) is 0 Å². The minimum Gasteiger partial charge on any atom is -0.435 e. The van der Waals surface area contributed by atoms with Crippen molar-refractivity contribution in [1.29, 1.82) is 0 Å². The van der Waals surface area contributed by atoms with Crippen LogP contribution < -0.4 is 20.7 Å². The van der Waals surface area contributed by atoms with Crippen LogP contribution in [0, 0.1) is 0 Å². The number of nitrogens with one attached hydrogen (secondary N) is 2. The van der Waals surface area contributed by atoms with Crippen LogP contribution in [0.1, 0.15) is 31.0 Å². The normalized spacial score (nSPS) is 11.9. The second-order valence-electron chi connectivity index (χ2n) is 6.77. The number of ether oxygens (including phenoxy) is 1. The number of rotatable bonds is 10. The Morgan fingerprint density at radius 2 is 1.59 bits per heavy atom. The molecule has 2 amide bonds. The van der Waals surface area contributed by atoms with Gasteiger partial charge in [-0.1, -0.05) is 30.3 Å². The minimum absolute atomic E-state index is 0.00504. The summed E-state index contributed by atoms with van der Waals surface area (Å²) in [6.07, 6.45) is 0. The van der Waals surface area contributed by atoms with Crippen molar-refractivity contribution in [2.75, 3.05) is 13.1 Å². The predicted octanol–water partition coefficient (Wildman–Crippen LogP) is 1.58. The van der Waals surface area contributed by atoms with Crippen LogP contribution in [0.2, 0.25) is 0 Å². The summed E-state index contributed by atoms with van der Waals surface area (Å²) in [5.74, 6) is -0.450. The maximum atomic E-state index is 12.4. The van der Waals surface area contributed by atoms with Crippen LogP contribution in [0.15, 0.2) is 54.6 Å². The zero-order valence-corrected chi connectivity index (χ0v) is 16.4. The number of alkyl halides is 2. The van der Waals surface area contributed by atoms with Crippen molar-refractivity contribution in [2.45, 2.75) is 32.5 Å². The molecule has 0 radical (unpaired) electrons. The molecule has 0 bridgehead atoms. The zero-order valence-electron chi connectivity index (χ0n) is 16.4. The third kappa shape index (κ3) is 7.87. The number of carbonyl (C=O) groups excluding carboxylic acids is 2. The van der Waals surface area contributed by atoms with Crippen LogP contribution in [0.5, 0.6) is 5.75 Å². The van der Waals surface area contributed by atoms with Crippen LogP contribution in [-0.4, -0.2) is 37.6 Å². The molecule has 1 atom stereocenters. The fourth-order valence-electron chi connectivity index (χ4n) is 2.83. The Kier molecular flexibility index (Phi) is 8.54. The molecular weight excluding hydrogens is 380 g/mol. The molecule has 4 N–H and O–H groups in total. The molecule has 2 aromatic carbocycles. The van der Waals surface area contributed by atoms with Crippen molar-refractivity contribution < 1.29 is 28.4 Å². The van der Waals surface area contributed by atoms with E-state index in [1.807, 2.05) is 49.5 Å². The molecule has 2 rings (SSSR count). The van der Waals surface area contributed by atoms with Crippen molar-refractivity contribution in [1.82, 2.24) is 10.6 Å². The van der Waals surface area contributed by atoms with Crippen LogP contribution in [0.3, 0.4) is 0 Å². The Labute approximate surface area is 168 Å². The van der Waals surface area contributed by atoms with E-state index in [2.05, 4.69) is 15.4 Å². The number of halogens is 2. The fraction of sp³-hybridized carbons (Fsp3) is 0.333. The summed E-state index contributed by atoms with van der Waals surface area (Å²) in [4.78, 5) is 23.8. The molecule has 8 heteroatoms. The Morgan fingerprint density at radius 3 is 2.17 bits per heavy atom. The quantitative estimate of drug-likeness (QED) is 0.560. The number of nitrogens with two attached hydrogens (primary N) is 1. The zero-order chi connectivity index (χ0) is 21.2. The van der Waals surface area contributed by atoms with Gasteiger partial charge in [0.25, 0.3) is 5.91 Å². The van der Waals surface area contributed by atoms with Crippen LogP contribution in [0.4, 0.5) is 8.78 Å². The summed E-state index contributed by atoms with van der Waals surface area (Å²) < 4.78 is 29.1. The van der Waals surface area contributed by atoms with Crippen LogP contribution in [0.25, 0.3) is 0 Å². The minimum atomic E-state index is -2.88. The maximum absolute atomic E-state index is 12.4. The number of benzene rings is 2. The molecule has 0 heterocycles. The van der Waals surface area contributed by atoms with Crippen molar-refractivity contribution >= 4 is 11.8 Å². The lowest BCUT2D eigenvalue weighted by Crippen LogP contribution is -2.87. The third-order valence-corrected chi connectivity index (χ3v) is 4.06. The second kappa shape index (κ2) is 11.1. The van der Waals surface area contributed by atoms with Gasteiger partial charge in [-0.15, -0.1) is 0 Å². The maximum Gasteiger partial charge on any atom is 0.387 e.